The van der Waals surface area contributed by atoms with Gasteiger partial charge in [0.15, 0.2) is 0 Å². The Morgan fingerprint density at radius 1 is 0.929 bits per heavy atom. The van der Waals surface area contributed by atoms with E-state index in [1.165, 1.54) is 12.4 Å². The Labute approximate surface area is 163 Å². The van der Waals surface area contributed by atoms with E-state index in [1.54, 1.807) is 42.6 Å². The smallest absolute Gasteiger partial charge is 0.336 e. The minimum absolute atomic E-state index is 0.333. The van der Waals surface area contributed by atoms with Gasteiger partial charge in [0.2, 0.25) is 0 Å². The summed E-state index contributed by atoms with van der Waals surface area (Å²) in [6.45, 7) is 0. The average Bonchev–Trinajstić information content (AvgIpc) is 3.14. The van der Waals surface area contributed by atoms with Crippen LogP contribution in [0.25, 0.3) is 34.0 Å². The highest BCUT2D eigenvalue weighted by atomic mass is 35.5. The van der Waals surface area contributed by atoms with Crippen LogP contribution in [0.2, 0.25) is 5.02 Å². The van der Waals surface area contributed by atoms with Crippen molar-refractivity contribution in [2.75, 3.05) is 0 Å². The van der Waals surface area contributed by atoms with Crippen LogP contribution in [0.5, 0.6) is 0 Å². The molecule has 0 radical (unpaired) electrons. The highest BCUT2D eigenvalue weighted by Crippen LogP contribution is 2.36. The number of hydrogen-bond acceptors (Lipinski definition) is 3. The van der Waals surface area contributed by atoms with Crippen LogP contribution in [0, 0.1) is 0 Å². The molecule has 0 saturated carbocycles. The van der Waals surface area contributed by atoms with Crippen LogP contribution in [0.15, 0.2) is 67.1 Å². The Kier molecular flexibility index (Phi) is 4.60. The van der Waals surface area contributed by atoms with E-state index in [0.29, 0.717) is 33.5 Å². The average molecular weight is 401 g/mol. The lowest BCUT2D eigenvalue weighted by Crippen LogP contribution is -2.04. The minimum atomic E-state index is -4.44. The first-order valence-electron chi connectivity index (χ1n) is 8.22. The molecule has 140 valence electrons. The van der Waals surface area contributed by atoms with Gasteiger partial charge in [0, 0.05) is 22.3 Å². The summed E-state index contributed by atoms with van der Waals surface area (Å²) < 4.78 is 39.5. The number of benzene rings is 2. The number of alkyl halides is 3. The van der Waals surface area contributed by atoms with Crippen molar-refractivity contribution in [1.29, 1.82) is 0 Å². The van der Waals surface area contributed by atoms with Crippen LogP contribution in [-0.4, -0.2) is 19.9 Å². The van der Waals surface area contributed by atoms with E-state index < -0.39 is 11.7 Å². The van der Waals surface area contributed by atoms with E-state index in [9.17, 15) is 13.2 Å². The molecule has 1 N–H and O–H groups in total. The normalized spacial score (nSPS) is 11.6. The summed E-state index contributed by atoms with van der Waals surface area (Å²) in [5, 5.41) is 0.574. The molecule has 4 aromatic rings. The van der Waals surface area contributed by atoms with Gasteiger partial charge in [0.1, 0.15) is 12.2 Å². The van der Waals surface area contributed by atoms with Crippen LogP contribution >= 0.6 is 11.6 Å². The number of halogens is 4. The van der Waals surface area contributed by atoms with Crippen molar-refractivity contribution in [2.45, 2.75) is 6.18 Å². The van der Waals surface area contributed by atoms with Gasteiger partial charge in [0.25, 0.3) is 0 Å². The van der Waals surface area contributed by atoms with Crippen molar-refractivity contribution in [1.82, 2.24) is 19.9 Å². The first kappa shape index (κ1) is 18.2. The molecule has 0 aliphatic rings. The quantitative estimate of drug-likeness (QED) is 0.467. The molecule has 8 heteroatoms. The molecular formula is C20H12ClF3N4. The molecule has 0 aliphatic heterocycles. The maximum atomic E-state index is 13.2. The number of nitrogens with one attached hydrogen (secondary N) is 1. The summed E-state index contributed by atoms with van der Waals surface area (Å²) in [6, 6.07) is 13.7. The first-order valence-corrected chi connectivity index (χ1v) is 8.59. The van der Waals surface area contributed by atoms with Crippen molar-refractivity contribution in [3.8, 4) is 34.0 Å². The number of aromatic amines is 1. The molecule has 28 heavy (non-hydrogen) atoms. The molecule has 0 amide bonds. The Hall–Kier alpha value is -3.19. The fraction of sp³-hybridized carbons (Fsp3) is 0.0500. The van der Waals surface area contributed by atoms with Crippen molar-refractivity contribution in [3.63, 3.8) is 0 Å². The second-order valence-corrected chi connectivity index (χ2v) is 6.43. The Morgan fingerprint density at radius 2 is 1.71 bits per heavy atom. The number of H-pyrrole nitrogens is 1. The lowest BCUT2D eigenvalue weighted by molar-refractivity contribution is -0.137. The maximum absolute atomic E-state index is 13.2. The summed E-state index contributed by atoms with van der Waals surface area (Å²) in [5.74, 6) is 0.498. The molecule has 0 spiro atoms. The predicted octanol–water partition coefficient (Wildman–Crippen LogP) is 5.87. The number of nitrogens with zero attached hydrogens (tertiary/aromatic N) is 3. The molecule has 0 unspecified atom stereocenters. The topological polar surface area (TPSA) is 54.5 Å². The van der Waals surface area contributed by atoms with Crippen LogP contribution in [-0.2, 0) is 6.18 Å². The lowest BCUT2D eigenvalue weighted by Gasteiger charge is -2.08. The van der Waals surface area contributed by atoms with Crippen LogP contribution in [0.1, 0.15) is 5.56 Å². The Bertz CT molecular complexity index is 1110. The van der Waals surface area contributed by atoms with Crippen molar-refractivity contribution in [2.24, 2.45) is 0 Å². The molecule has 4 nitrogen and oxygen atoms in total. The van der Waals surface area contributed by atoms with Gasteiger partial charge in [-0.25, -0.2) is 15.0 Å². The third-order valence-electron chi connectivity index (χ3n) is 4.12. The summed E-state index contributed by atoms with van der Waals surface area (Å²) >= 11 is 5.93. The molecule has 0 fully saturated rings. The van der Waals surface area contributed by atoms with Gasteiger partial charge in [-0.1, -0.05) is 23.7 Å². The largest absolute Gasteiger partial charge is 0.416 e. The third kappa shape index (κ3) is 3.61. The molecule has 0 saturated heterocycles. The number of rotatable bonds is 3. The second kappa shape index (κ2) is 7.09. The molecule has 2 aromatic carbocycles. The van der Waals surface area contributed by atoms with Crippen LogP contribution in [0.4, 0.5) is 13.2 Å². The maximum Gasteiger partial charge on any atom is 0.416 e. The van der Waals surface area contributed by atoms with Crippen molar-refractivity contribution >= 4 is 11.6 Å². The van der Waals surface area contributed by atoms with Gasteiger partial charge in [-0.2, -0.15) is 13.2 Å². The van der Waals surface area contributed by atoms with Gasteiger partial charge in [-0.3, -0.25) is 0 Å². The minimum Gasteiger partial charge on any atom is -0.336 e. The van der Waals surface area contributed by atoms with Gasteiger partial charge in [-0.05, 0) is 42.5 Å². The van der Waals surface area contributed by atoms with E-state index in [0.717, 1.165) is 17.7 Å². The Balaban J connectivity index is 1.89. The van der Waals surface area contributed by atoms with Crippen molar-refractivity contribution < 1.29 is 13.2 Å². The van der Waals surface area contributed by atoms with Gasteiger partial charge in [-0.15, -0.1) is 0 Å². The van der Waals surface area contributed by atoms with Crippen molar-refractivity contribution in [3.05, 3.63) is 77.7 Å². The number of imidazole rings is 1. The molecule has 0 atom stereocenters. The van der Waals surface area contributed by atoms with E-state index in [4.69, 9.17) is 11.6 Å². The van der Waals surface area contributed by atoms with Gasteiger partial charge in [0.05, 0.1) is 22.6 Å². The molecule has 4 rings (SSSR count). The number of aromatic nitrogens is 4. The number of hydrogen-bond donors (Lipinski definition) is 1. The molecule has 0 bridgehead atoms. The molecule has 2 heterocycles. The summed E-state index contributed by atoms with van der Waals surface area (Å²) in [4.78, 5) is 15.8. The zero-order valence-corrected chi connectivity index (χ0v) is 15.0. The highest BCUT2D eigenvalue weighted by Gasteiger charge is 2.31. The van der Waals surface area contributed by atoms with Gasteiger partial charge >= 0.3 is 6.18 Å². The first-order chi connectivity index (χ1) is 13.4. The summed E-state index contributed by atoms with van der Waals surface area (Å²) in [5.41, 5.74) is 1.74. The van der Waals surface area contributed by atoms with E-state index in [2.05, 4.69) is 19.9 Å². The third-order valence-corrected chi connectivity index (χ3v) is 4.37. The Morgan fingerprint density at radius 3 is 2.39 bits per heavy atom. The molecule has 2 aromatic heterocycles. The van der Waals surface area contributed by atoms with E-state index >= 15 is 0 Å². The molecule has 0 aliphatic carbocycles. The predicted molar refractivity (Wildman–Crippen MR) is 100 cm³/mol. The summed E-state index contributed by atoms with van der Waals surface area (Å²) in [6.07, 6.45) is -1.52. The monoisotopic (exact) mass is 400 g/mol. The SMILES string of the molecule is FC(F)(F)c1cccc(-c2nc(-c3ccc(Cl)cc3)[nH]c2-c2ccncn2)c1. The molecular weight excluding hydrogens is 389 g/mol. The van der Waals surface area contributed by atoms with E-state index in [1.807, 2.05) is 0 Å². The van der Waals surface area contributed by atoms with Crippen LogP contribution in [0.3, 0.4) is 0 Å². The zero-order chi connectivity index (χ0) is 19.7. The fourth-order valence-electron chi connectivity index (χ4n) is 2.79. The zero-order valence-electron chi connectivity index (χ0n) is 14.2. The van der Waals surface area contributed by atoms with E-state index in [-0.39, 0.29) is 0 Å². The van der Waals surface area contributed by atoms with Gasteiger partial charge < -0.3 is 4.98 Å². The summed E-state index contributed by atoms with van der Waals surface area (Å²) in [7, 11) is 0. The van der Waals surface area contributed by atoms with Crippen LogP contribution < -0.4 is 0 Å². The highest BCUT2D eigenvalue weighted by molar-refractivity contribution is 6.30. The lowest BCUT2D eigenvalue weighted by atomic mass is 10.1. The standard InChI is InChI=1S/C20H12ClF3N4/c21-15-6-4-12(5-7-15)19-27-17(18(28-19)16-8-9-25-11-26-16)13-2-1-3-14(10-13)20(22,23)24/h1-11H,(H,27,28). The fourth-order valence-corrected chi connectivity index (χ4v) is 2.92. The second-order valence-electron chi connectivity index (χ2n) is 5.99.